The van der Waals surface area contributed by atoms with Crippen LogP contribution in [0.25, 0.3) is 0 Å². The van der Waals surface area contributed by atoms with E-state index in [0.717, 1.165) is 0 Å². The average molecular weight is 410 g/mol. The van der Waals surface area contributed by atoms with Gasteiger partial charge in [-0.1, -0.05) is 0 Å². The first-order chi connectivity index (χ1) is 13.4. The van der Waals surface area contributed by atoms with Crippen molar-refractivity contribution in [1.82, 2.24) is 0 Å². The molecule has 0 aliphatic carbocycles. The molecule has 0 radical (unpaired) electrons. The molecule has 28 heavy (non-hydrogen) atoms. The Kier molecular flexibility index (Phi) is 7.95. The number of sulfonamides is 1. The second kappa shape index (κ2) is 10.2. The van der Waals surface area contributed by atoms with Crippen LogP contribution in [0.2, 0.25) is 0 Å². The highest BCUT2D eigenvalue weighted by atomic mass is 32.2. The molecule has 0 aliphatic heterocycles. The van der Waals surface area contributed by atoms with Crippen LogP contribution in [0, 0.1) is 6.92 Å². The Labute approximate surface area is 166 Å². The summed E-state index contributed by atoms with van der Waals surface area (Å²) in [6.07, 6.45) is 0. The summed E-state index contributed by atoms with van der Waals surface area (Å²) in [5, 5.41) is 0. The maximum absolute atomic E-state index is 12.9. The monoisotopic (exact) mass is 409 g/mol. The number of rotatable bonds is 11. The van der Waals surface area contributed by atoms with Crippen molar-refractivity contribution in [3.63, 3.8) is 0 Å². The number of hydrogen-bond acceptors (Lipinski definition) is 6. The molecule has 2 aromatic carbocycles. The van der Waals surface area contributed by atoms with Crippen LogP contribution in [-0.4, -0.2) is 42.0 Å². The fraction of sp³-hybridized carbons (Fsp3) is 0.400. The molecule has 0 spiro atoms. The minimum absolute atomic E-state index is 0.133. The second-order valence-corrected chi connectivity index (χ2v) is 7.58. The van der Waals surface area contributed by atoms with E-state index in [0.29, 0.717) is 54.9 Å². The summed E-state index contributed by atoms with van der Waals surface area (Å²) in [4.78, 5) is 0.133. The number of anilines is 1. The van der Waals surface area contributed by atoms with Gasteiger partial charge in [0.05, 0.1) is 30.4 Å². The minimum atomic E-state index is -3.82. The van der Waals surface area contributed by atoms with Gasteiger partial charge in [-0.3, -0.25) is 4.72 Å². The lowest BCUT2D eigenvalue weighted by Crippen LogP contribution is -2.14. The third-order valence-corrected chi connectivity index (χ3v) is 5.17. The van der Waals surface area contributed by atoms with E-state index in [1.807, 2.05) is 13.8 Å². The Morgan fingerprint density at radius 3 is 2.25 bits per heavy atom. The van der Waals surface area contributed by atoms with E-state index in [1.165, 1.54) is 6.07 Å². The topological polar surface area (TPSA) is 83.1 Å². The molecule has 1 N–H and O–H groups in total. The van der Waals surface area contributed by atoms with Crippen molar-refractivity contribution >= 4 is 15.7 Å². The van der Waals surface area contributed by atoms with Crippen molar-refractivity contribution in [2.24, 2.45) is 0 Å². The van der Waals surface area contributed by atoms with Crippen molar-refractivity contribution in [1.29, 1.82) is 0 Å². The number of benzene rings is 2. The summed E-state index contributed by atoms with van der Waals surface area (Å²) in [5.74, 6) is 1.61. The number of nitrogens with one attached hydrogen (secondary N) is 1. The summed E-state index contributed by atoms with van der Waals surface area (Å²) in [6.45, 7) is 7.22. The first kappa shape index (κ1) is 21.8. The van der Waals surface area contributed by atoms with Crippen LogP contribution >= 0.6 is 0 Å². The highest BCUT2D eigenvalue weighted by molar-refractivity contribution is 7.92. The Hall–Kier alpha value is -2.45. The van der Waals surface area contributed by atoms with Crippen LogP contribution in [-0.2, 0) is 14.8 Å². The first-order valence-corrected chi connectivity index (χ1v) is 10.5. The fourth-order valence-electron chi connectivity index (χ4n) is 2.52. The summed E-state index contributed by atoms with van der Waals surface area (Å²) in [5.41, 5.74) is 1.04. The number of hydrogen-bond donors (Lipinski definition) is 1. The molecule has 0 atom stereocenters. The molecule has 2 aromatic rings. The van der Waals surface area contributed by atoms with Crippen LogP contribution in [0.3, 0.4) is 0 Å². The van der Waals surface area contributed by atoms with Crippen molar-refractivity contribution in [2.75, 3.05) is 38.3 Å². The molecule has 0 amide bonds. The first-order valence-electron chi connectivity index (χ1n) is 9.06. The van der Waals surface area contributed by atoms with E-state index in [2.05, 4.69) is 4.72 Å². The van der Waals surface area contributed by atoms with E-state index >= 15 is 0 Å². The van der Waals surface area contributed by atoms with Gasteiger partial charge in [-0.15, -0.1) is 0 Å². The van der Waals surface area contributed by atoms with Gasteiger partial charge >= 0.3 is 0 Å². The van der Waals surface area contributed by atoms with Crippen molar-refractivity contribution in [3.05, 3.63) is 42.0 Å². The average Bonchev–Trinajstić information content (AvgIpc) is 2.65. The van der Waals surface area contributed by atoms with Gasteiger partial charge in [0.2, 0.25) is 0 Å². The largest absolute Gasteiger partial charge is 0.494 e. The number of methoxy groups -OCH3 is 1. The molecular formula is C20H27NO6S. The Balaban J connectivity index is 2.27. The highest BCUT2D eigenvalue weighted by Gasteiger charge is 2.19. The molecule has 7 nitrogen and oxygen atoms in total. The van der Waals surface area contributed by atoms with E-state index < -0.39 is 10.0 Å². The zero-order valence-electron chi connectivity index (χ0n) is 16.7. The molecule has 0 aromatic heterocycles. The molecule has 0 heterocycles. The van der Waals surface area contributed by atoms with Crippen molar-refractivity contribution < 1.29 is 27.4 Å². The molecule has 2 rings (SSSR count). The van der Waals surface area contributed by atoms with Gasteiger partial charge in [-0.2, -0.15) is 0 Å². The third-order valence-electron chi connectivity index (χ3n) is 3.81. The van der Waals surface area contributed by atoms with Crippen molar-refractivity contribution in [2.45, 2.75) is 25.7 Å². The molecule has 8 heteroatoms. The van der Waals surface area contributed by atoms with Gasteiger partial charge in [0.15, 0.2) is 0 Å². The smallest absolute Gasteiger partial charge is 0.262 e. The van der Waals surface area contributed by atoms with Crippen LogP contribution in [0.5, 0.6) is 17.2 Å². The Bertz CT molecular complexity index is 882. The lowest BCUT2D eigenvalue weighted by Gasteiger charge is -2.15. The summed E-state index contributed by atoms with van der Waals surface area (Å²) in [7, 11) is -2.22. The molecule has 0 unspecified atom stereocenters. The third kappa shape index (κ3) is 5.77. The second-order valence-electron chi connectivity index (χ2n) is 5.90. The lowest BCUT2D eigenvalue weighted by atomic mass is 10.2. The predicted octanol–water partition coefficient (Wildman–Crippen LogP) is 3.62. The minimum Gasteiger partial charge on any atom is -0.494 e. The van der Waals surface area contributed by atoms with E-state index in [4.69, 9.17) is 18.9 Å². The SMILES string of the molecule is CCOc1ccc(OCC)c(NS(=O)(=O)c2ccc(OCCOC)c(C)c2)c1. The molecule has 0 fully saturated rings. The predicted molar refractivity (Wildman–Crippen MR) is 108 cm³/mol. The van der Waals surface area contributed by atoms with E-state index in [9.17, 15) is 8.42 Å². The quantitative estimate of drug-likeness (QED) is 0.571. The van der Waals surface area contributed by atoms with E-state index in [1.54, 1.807) is 44.4 Å². The highest BCUT2D eigenvalue weighted by Crippen LogP contribution is 2.32. The zero-order valence-corrected chi connectivity index (χ0v) is 17.5. The van der Waals surface area contributed by atoms with Gasteiger partial charge < -0.3 is 18.9 Å². The van der Waals surface area contributed by atoms with Gasteiger partial charge in [0.1, 0.15) is 23.9 Å². The lowest BCUT2D eigenvalue weighted by molar-refractivity contribution is 0.146. The summed E-state index contributed by atoms with van der Waals surface area (Å²) < 4.78 is 49.9. The number of aryl methyl sites for hydroxylation is 1. The van der Waals surface area contributed by atoms with Crippen molar-refractivity contribution in [3.8, 4) is 17.2 Å². The van der Waals surface area contributed by atoms with Crippen LogP contribution in [0.15, 0.2) is 41.3 Å². The molecular weight excluding hydrogens is 382 g/mol. The van der Waals surface area contributed by atoms with Gasteiger partial charge in [-0.25, -0.2) is 8.42 Å². The molecule has 0 saturated heterocycles. The Morgan fingerprint density at radius 2 is 1.61 bits per heavy atom. The van der Waals surface area contributed by atoms with Crippen LogP contribution in [0.1, 0.15) is 19.4 Å². The maximum atomic E-state index is 12.9. The standard InChI is InChI=1S/C20H27NO6S/c1-5-25-16-7-9-20(26-6-2)18(14-16)21-28(22,23)17-8-10-19(15(3)13-17)27-12-11-24-4/h7-10,13-14,21H,5-6,11-12H2,1-4H3. The van der Waals surface area contributed by atoms with Gasteiger partial charge in [0, 0.05) is 13.2 Å². The summed E-state index contributed by atoms with van der Waals surface area (Å²) in [6, 6.07) is 9.75. The van der Waals surface area contributed by atoms with Gasteiger partial charge in [-0.05, 0) is 56.7 Å². The van der Waals surface area contributed by atoms with Crippen LogP contribution in [0.4, 0.5) is 5.69 Å². The zero-order chi connectivity index (χ0) is 20.6. The maximum Gasteiger partial charge on any atom is 0.262 e. The molecule has 154 valence electrons. The molecule has 0 bridgehead atoms. The summed E-state index contributed by atoms with van der Waals surface area (Å²) >= 11 is 0. The van der Waals surface area contributed by atoms with Gasteiger partial charge in [0.25, 0.3) is 10.0 Å². The fourth-order valence-corrected chi connectivity index (χ4v) is 3.66. The normalized spacial score (nSPS) is 11.1. The van der Waals surface area contributed by atoms with E-state index in [-0.39, 0.29) is 4.90 Å². The molecule has 0 saturated carbocycles. The Morgan fingerprint density at radius 1 is 0.893 bits per heavy atom. The molecule has 0 aliphatic rings. The number of ether oxygens (including phenoxy) is 4. The van der Waals surface area contributed by atoms with Crippen LogP contribution < -0.4 is 18.9 Å².